The minimum absolute atomic E-state index is 0.0804. The van der Waals surface area contributed by atoms with Crippen LogP contribution in [0.1, 0.15) is 29.2 Å². The van der Waals surface area contributed by atoms with Gasteiger partial charge in [-0.1, -0.05) is 30.3 Å². The zero-order valence-electron chi connectivity index (χ0n) is 14.7. The summed E-state index contributed by atoms with van der Waals surface area (Å²) in [6.07, 6.45) is 1.14. The molecule has 0 saturated heterocycles. The maximum absolute atomic E-state index is 12.7. The van der Waals surface area contributed by atoms with E-state index in [0.717, 1.165) is 23.3 Å². The third-order valence-corrected chi connectivity index (χ3v) is 4.67. The number of nitrogens with two attached hydrogens (primary N) is 1. The van der Waals surface area contributed by atoms with E-state index in [9.17, 15) is 4.79 Å². The number of amides is 1. The highest BCUT2D eigenvalue weighted by molar-refractivity contribution is 5.78. The fourth-order valence-electron chi connectivity index (χ4n) is 3.48. The van der Waals surface area contributed by atoms with Crippen molar-refractivity contribution in [2.45, 2.75) is 18.9 Å². The molecule has 0 radical (unpaired) electrons. The number of nitrogens with zero attached hydrogens (tertiary/aromatic N) is 1. The Balaban J connectivity index is 2.12. The summed E-state index contributed by atoms with van der Waals surface area (Å²) in [5.74, 6) is 1.47. The number of hydrogen-bond donors (Lipinski definition) is 1. The van der Waals surface area contributed by atoms with Crippen LogP contribution in [0.25, 0.3) is 0 Å². The van der Waals surface area contributed by atoms with E-state index in [1.54, 1.807) is 14.2 Å². The Kier molecular flexibility index (Phi) is 5.24. The maximum atomic E-state index is 12.7. The first-order chi connectivity index (χ1) is 12.2. The van der Waals surface area contributed by atoms with Crippen molar-refractivity contribution >= 4 is 5.91 Å². The molecule has 0 aromatic heterocycles. The molecule has 0 aliphatic carbocycles. The number of benzene rings is 2. The monoisotopic (exact) mass is 340 g/mol. The van der Waals surface area contributed by atoms with Crippen LogP contribution < -0.4 is 15.2 Å². The zero-order chi connectivity index (χ0) is 17.8. The first-order valence-corrected chi connectivity index (χ1v) is 8.48. The van der Waals surface area contributed by atoms with E-state index >= 15 is 0 Å². The molecule has 0 spiro atoms. The summed E-state index contributed by atoms with van der Waals surface area (Å²) < 4.78 is 10.9. The highest BCUT2D eigenvalue weighted by Crippen LogP contribution is 2.41. The average Bonchev–Trinajstić information content (AvgIpc) is 2.66. The Morgan fingerprint density at radius 3 is 2.48 bits per heavy atom. The van der Waals surface area contributed by atoms with Crippen molar-refractivity contribution in [3.05, 3.63) is 59.2 Å². The Morgan fingerprint density at radius 1 is 1.16 bits per heavy atom. The molecule has 1 amide bonds. The van der Waals surface area contributed by atoms with Gasteiger partial charge in [-0.15, -0.1) is 0 Å². The standard InChI is InChI=1S/C20H24N2O3/c1-24-17-12-15-9-11-22(19(23)8-10-21)20(14-6-4-3-5-7-14)16(15)13-18(17)25-2/h3-7,12-13,20H,8-11,21H2,1-2H3/t20-/m1/s1. The SMILES string of the molecule is COc1cc2c(cc1OC)[C@@H](c1ccccc1)N(C(=O)CCN)CC2. The molecule has 0 fully saturated rings. The van der Waals surface area contributed by atoms with Crippen LogP contribution in [0.5, 0.6) is 11.5 Å². The van der Waals surface area contributed by atoms with Crippen molar-refractivity contribution in [2.75, 3.05) is 27.3 Å². The van der Waals surface area contributed by atoms with Gasteiger partial charge in [0.2, 0.25) is 5.91 Å². The van der Waals surface area contributed by atoms with Gasteiger partial charge in [-0.05, 0) is 35.2 Å². The predicted molar refractivity (Wildman–Crippen MR) is 96.9 cm³/mol. The van der Waals surface area contributed by atoms with Gasteiger partial charge in [0.05, 0.1) is 20.3 Å². The molecular weight excluding hydrogens is 316 g/mol. The molecule has 5 nitrogen and oxygen atoms in total. The van der Waals surface area contributed by atoms with Gasteiger partial charge >= 0.3 is 0 Å². The molecule has 3 rings (SSSR count). The fourth-order valence-corrected chi connectivity index (χ4v) is 3.48. The first kappa shape index (κ1) is 17.3. The Hall–Kier alpha value is -2.53. The number of carbonyl (C=O) groups excluding carboxylic acids is 1. The average molecular weight is 340 g/mol. The fraction of sp³-hybridized carbons (Fsp3) is 0.350. The van der Waals surface area contributed by atoms with Gasteiger partial charge in [0.1, 0.15) is 0 Å². The molecule has 5 heteroatoms. The largest absolute Gasteiger partial charge is 0.493 e. The van der Waals surface area contributed by atoms with Crippen molar-refractivity contribution in [2.24, 2.45) is 5.73 Å². The highest BCUT2D eigenvalue weighted by atomic mass is 16.5. The summed E-state index contributed by atoms with van der Waals surface area (Å²) in [4.78, 5) is 14.6. The number of ether oxygens (including phenoxy) is 2. The molecule has 1 aliphatic rings. The van der Waals surface area contributed by atoms with E-state index in [1.165, 1.54) is 5.56 Å². The van der Waals surface area contributed by atoms with E-state index in [2.05, 4.69) is 12.1 Å². The Labute approximate surface area is 148 Å². The molecule has 0 bridgehead atoms. The molecule has 2 aromatic carbocycles. The van der Waals surface area contributed by atoms with E-state index in [0.29, 0.717) is 25.3 Å². The minimum Gasteiger partial charge on any atom is -0.493 e. The van der Waals surface area contributed by atoms with E-state index < -0.39 is 0 Å². The lowest BCUT2D eigenvalue weighted by Gasteiger charge is -2.38. The summed E-state index contributed by atoms with van der Waals surface area (Å²) in [5, 5.41) is 0. The van der Waals surface area contributed by atoms with E-state index in [-0.39, 0.29) is 11.9 Å². The lowest BCUT2D eigenvalue weighted by molar-refractivity contribution is -0.133. The zero-order valence-corrected chi connectivity index (χ0v) is 14.7. The van der Waals surface area contributed by atoms with Crippen LogP contribution in [0.15, 0.2) is 42.5 Å². The van der Waals surface area contributed by atoms with Crippen molar-refractivity contribution in [1.82, 2.24) is 4.90 Å². The number of rotatable bonds is 5. The second kappa shape index (κ2) is 7.57. The molecule has 1 atom stereocenters. The summed E-state index contributed by atoms with van der Waals surface area (Å²) in [6.45, 7) is 1.02. The maximum Gasteiger partial charge on any atom is 0.224 e. The Bertz CT molecular complexity index is 746. The Morgan fingerprint density at radius 2 is 1.84 bits per heavy atom. The van der Waals surface area contributed by atoms with Crippen molar-refractivity contribution < 1.29 is 14.3 Å². The van der Waals surface area contributed by atoms with Gasteiger partial charge in [0, 0.05) is 19.5 Å². The van der Waals surface area contributed by atoms with Gasteiger partial charge in [-0.3, -0.25) is 4.79 Å². The smallest absolute Gasteiger partial charge is 0.224 e. The van der Waals surface area contributed by atoms with Gasteiger partial charge < -0.3 is 20.1 Å². The summed E-state index contributed by atoms with van der Waals surface area (Å²) in [6, 6.07) is 14.0. The molecule has 132 valence electrons. The molecule has 1 heterocycles. The normalized spacial score (nSPS) is 16.3. The number of fused-ring (bicyclic) bond motifs is 1. The topological polar surface area (TPSA) is 64.8 Å². The lowest BCUT2D eigenvalue weighted by Crippen LogP contribution is -2.41. The summed E-state index contributed by atoms with van der Waals surface area (Å²) in [7, 11) is 3.26. The van der Waals surface area contributed by atoms with Crippen LogP contribution in [0, 0.1) is 0 Å². The molecule has 2 aromatic rings. The minimum atomic E-state index is -0.135. The lowest BCUT2D eigenvalue weighted by atomic mass is 9.87. The van der Waals surface area contributed by atoms with Crippen molar-refractivity contribution in [3.8, 4) is 11.5 Å². The van der Waals surface area contributed by atoms with Crippen LogP contribution in [-0.2, 0) is 11.2 Å². The highest BCUT2D eigenvalue weighted by Gasteiger charge is 2.32. The van der Waals surface area contributed by atoms with Gasteiger partial charge in [0.25, 0.3) is 0 Å². The number of methoxy groups -OCH3 is 2. The molecule has 25 heavy (non-hydrogen) atoms. The van der Waals surface area contributed by atoms with Crippen molar-refractivity contribution in [3.63, 3.8) is 0 Å². The molecule has 2 N–H and O–H groups in total. The first-order valence-electron chi connectivity index (χ1n) is 8.48. The van der Waals surface area contributed by atoms with Crippen LogP contribution >= 0.6 is 0 Å². The van der Waals surface area contributed by atoms with Crippen molar-refractivity contribution in [1.29, 1.82) is 0 Å². The van der Waals surface area contributed by atoms with E-state index in [4.69, 9.17) is 15.2 Å². The van der Waals surface area contributed by atoms with Crippen LogP contribution in [-0.4, -0.2) is 38.1 Å². The third-order valence-electron chi connectivity index (χ3n) is 4.67. The van der Waals surface area contributed by atoms with Gasteiger partial charge in [-0.2, -0.15) is 0 Å². The predicted octanol–water partition coefficient (Wildman–Crippen LogP) is 2.53. The molecular formula is C20H24N2O3. The third kappa shape index (κ3) is 3.33. The second-order valence-electron chi connectivity index (χ2n) is 6.10. The van der Waals surface area contributed by atoms with Gasteiger partial charge in [0.15, 0.2) is 11.5 Å². The van der Waals surface area contributed by atoms with E-state index in [1.807, 2.05) is 35.2 Å². The summed E-state index contributed by atoms with van der Waals surface area (Å²) >= 11 is 0. The van der Waals surface area contributed by atoms with Gasteiger partial charge in [-0.25, -0.2) is 0 Å². The molecule has 0 saturated carbocycles. The number of carbonyl (C=O) groups is 1. The van der Waals surface area contributed by atoms with Crippen LogP contribution in [0.3, 0.4) is 0 Å². The number of hydrogen-bond acceptors (Lipinski definition) is 4. The summed E-state index contributed by atoms with van der Waals surface area (Å²) in [5.41, 5.74) is 8.97. The van der Waals surface area contributed by atoms with Crippen LogP contribution in [0.2, 0.25) is 0 Å². The molecule has 0 unspecified atom stereocenters. The van der Waals surface area contributed by atoms with Crippen LogP contribution in [0.4, 0.5) is 0 Å². The second-order valence-corrected chi connectivity index (χ2v) is 6.10. The quantitative estimate of drug-likeness (QED) is 0.908. The molecule has 1 aliphatic heterocycles.